The summed E-state index contributed by atoms with van der Waals surface area (Å²) >= 11 is -6.15. The van der Waals surface area contributed by atoms with Crippen LogP contribution >= 0.6 is 0 Å². The van der Waals surface area contributed by atoms with Crippen molar-refractivity contribution >= 4 is 54.7 Å². The van der Waals surface area contributed by atoms with Crippen LogP contribution in [0.3, 0.4) is 0 Å². The monoisotopic (exact) mass is 630 g/mol. The molecule has 2 rings (SSSR count). The molecule has 27 heavy (non-hydrogen) atoms. The van der Waals surface area contributed by atoms with Crippen molar-refractivity contribution in [1.82, 2.24) is 0 Å². The summed E-state index contributed by atoms with van der Waals surface area (Å²) < 4.78 is 25.3. The molecule has 2 aliphatic heterocycles. The third-order valence-corrected chi connectivity index (χ3v) is 75.0. The fourth-order valence-electron chi connectivity index (χ4n) is 6.28. The van der Waals surface area contributed by atoms with E-state index in [1.807, 2.05) is 0 Å². The van der Waals surface area contributed by atoms with E-state index in [0.29, 0.717) is 0 Å². The van der Waals surface area contributed by atoms with Crippen molar-refractivity contribution in [2.24, 2.45) is 0 Å². The van der Waals surface area contributed by atoms with Crippen LogP contribution < -0.4 is 0 Å². The molecule has 3 nitrogen and oxygen atoms in total. The van der Waals surface area contributed by atoms with Crippen LogP contribution in [0.1, 0.15) is 83.1 Å². The molecule has 2 saturated heterocycles. The van der Waals surface area contributed by atoms with Gasteiger partial charge in [-0.15, -0.1) is 0 Å². The third-order valence-electron chi connectivity index (χ3n) is 7.20. The Bertz CT molecular complexity index is 498. The molecular formula is C20H46O3Si2Sn2. The molecule has 7 heteroatoms. The summed E-state index contributed by atoms with van der Waals surface area (Å²) in [6.45, 7) is 34.1. The predicted molar refractivity (Wildman–Crippen MR) is 126 cm³/mol. The van der Waals surface area contributed by atoms with E-state index >= 15 is 0 Å². The molecule has 0 N–H and O–H groups in total. The summed E-state index contributed by atoms with van der Waals surface area (Å²) in [5.74, 6) is 0. The summed E-state index contributed by atoms with van der Waals surface area (Å²) in [4.78, 5) is 0. The third kappa shape index (κ3) is 4.06. The molecule has 0 aliphatic carbocycles. The van der Waals surface area contributed by atoms with Crippen molar-refractivity contribution in [3.63, 3.8) is 0 Å². The first kappa shape index (κ1) is 25.2. The van der Waals surface area contributed by atoms with Crippen LogP contribution in [-0.4, -0.2) is 54.7 Å². The van der Waals surface area contributed by atoms with Crippen molar-refractivity contribution in [3.05, 3.63) is 0 Å². The Balaban J connectivity index is 2.68. The Morgan fingerprint density at radius 3 is 0.926 bits per heavy atom. The molecule has 2 atom stereocenters. The van der Waals surface area contributed by atoms with Gasteiger partial charge in [0.1, 0.15) is 0 Å². The van der Waals surface area contributed by atoms with Crippen molar-refractivity contribution in [1.29, 1.82) is 0 Å². The van der Waals surface area contributed by atoms with Crippen molar-refractivity contribution in [3.8, 4) is 0 Å². The van der Waals surface area contributed by atoms with E-state index in [0.717, 1.165) is 8.12 Å². The van der Waals surface area contributed by atoms with Crippen molar-refractivity contribution in [2.75, 3.05) is 0 Å². The van der Waals surface area contributed by atoms with Crippen LogP contribution in [0, 0.1) is 0 Å². The van der Waals surface area contributed by atoms with E-state index in [1.54, 1.807) is 0 Å². The number of hydrogen-bond donors (Lipinski definition) is 0. The second-order valence-corrected chi connectivity index (χ2v) is 56.2. The van der Waals surface area contributed by atoms with Crippen LogP contribution in [0.25, 0.3) is 0 Å². The zero-order valence-corrected chi connectivity index (χ0v) is 28.3. The van der Waals surface area contributed by atoms with E-state index in [9.17, 15) is 0 Å². The molecule has 2 aliphatic rings. The van der Waals surface area contributed by atoms with Gasteiger partial charge in [0.05, 0.1) is 0 Å². The van der Waals surface area contributed by atoms with E-state index in [1.165, 1.54) is 0 Å². The number of fused-ring (bicyclic) bond motifs is 2. The molecule has 0 radical (unpaired) electrons. The molecule has 160 valence electrons. The van der Waals surface area contributed by atoms with Crippen molar-refractivity contribution in [2.45, 2.75) is 118 Å². The molecule has 0 amide bonds. The fraction of sp³-hybridized carbons (Fsp3) is 1.00. The van der Waals surface area contributed by atoms with E-state index in [-0.39, 0.29) is 13.7 Å². The SMILES string of the molecule is C[C](C)(C)[Sn]1([C](C)(C)C)[CH2][Si]2(C)O[Si](C)([CH2][Sn]([C](C)(C)C)([C](C)(C)C)[O]2)[O]1. The van der Waals surface area contributed by atoms with Crippen LogP contribution in [0.4, 0.5) is 0 Å². The Morgan fingerprint density at radius 2 is 0.741 bits per heavy atom. The summed E-state index contributed by atoms with van der Waals surface area (Å²) in [7, 11) is -4.49. The average molecular weight is 628 g/mol. The summed E-state index contributed by atoms with van der Waals surface area (Å²) in [6.07, 6.45) is 0. The van der Waals surface area contributed by atoms with Gasteiger partial charge < -0.3 is 0 Å². The first-order valence-corrected chi connectivity index (χ1v) is 27.8. The van der Waals surface area contributed by atoms with Crippen LogP contribution in [0.5, 0.6) is 0 Å². The van der Waals surface area contributed by atoms with Gasteiger partial charge >= 0.3 is 182 Å². The minimum absolute atomic E-state index is 0.252. The summed E-state index contributed by atoms with van der Waals surface area (Å²) in [6, 6.07) is 0. The maximum atomic E-state index is 7.51. The summed E-state index contributed by atoms with van der Waals surface area (Å²) in [5, 5.41) is 0. The van der Waals surface area contributed by atoms with Gasteiger partial charge in [-0.05, 0) is 0 Å². The van der Waals surface area contributed by atoms with Crippen LogP contribution in [0.15, 0.2) is 0 Å². The molecule has 0 spiro atoms. The van der Waals surface area contributed by atoms with Gasteiger partial charge in [0.2, 0.25) is 0 Å². The molecule has 2 heterocycles. The standard InChI is InChI=1S/C4H10O3Si2.4C4H9.2Sn/c1-8(2,5)7-9(3,4)6;4*1-4(2)3;;/h1,3H2,2,4H3;4*1-3H3;;/q-2;;;;;2*+1. The van der Waals surface area contributed by atoms with Gasteiger partial charge in [0, 0.05) is 0 Å². The fourth-order valence-corrected chi connectivity index (χ4v) is 107. The predicted octanol–water partition coefficient (Wildman–Crippen LogP) is 7.38. The molecule has 0 aromatic rings. The van der Waals surface area contributed by atoms with E-state index in [2.05, 4.69) is 96.2 Å². The molecule has 0 saturated carbocycles. The van der Waals surface area contributed by atoms with Gasteiger partial charge in [0.25, 0.3) is 0 Å². The molecule has 2 bridgehead atoms. The second kappa shape index (κ2) is 6.70. The van der Waals surface area contributed by atoms with Gasteiger partial charge in [-0.25, -0.2) is 0 Å². The first-order chi connectivity index (χ1) is 11.5. The van der Waals surface area contributed by atoms with Gasteiger partial charge in [-0.2, -0.15) is 0 Å². The van der Waals surface area contributed by atoms with Gasteiger partial charge in [0.15, 0.2) is 0 Å². The number of rotatable bonds is 0. The van der Waals surface area contributed by atoms with E-state index < -0.39 is 54.7 Å². The average Bonchev–Trinajstić information content (AvgIpc) is 2.29. The zero-order chi connectivity index (χ0) is 21.5. The Morgan fingerprint density at radius 1 is 0.519 bits per heavy atom. The van der Waals surface area contributed by atoms with Gasteiger partial charge in [-0.3, -0.25) is 0 Å². The molecule has 2 unspecified atom stereocenters. The first-order valence-electron chi connectivity index (χ1n) is 10.6. The zero-order valence-electron chi connectivity index (χ0n) is 20.6. The molecule has 0 aromatic heterocycles. The molecule has 0 aromatic carbocycles. The van der Waals surface area contributed by atoms with Crippen LogP contribution in [-0.2, 0) is 9.64 Å². The second-order valence-electron chi connectivity index (χ2n) is 13.6. The normalized spacial score (nSPS) is 34.4. The Kier molecular flexibility index (Phi) is 6.25. The van der Waals surface area contributed by atoms with Crippen LogP contribution in [0.2, 0.25) is 34.9 Å². The summed E-state index contributed by atoms with van der Waals surface area (Å²) in [5.41, 5.74) is 0. The Labute approximate surface area is 181 Å². The number of hydrogen-bond acceptors (Lipinski definition) is 3. The topological polar surface area (TPSA) is 27.7 Å². The molecule has 2 fully saturated rings. The van der Waals surface area contributed by atoms with E-state index in [4.69, 9.17) is 9.64 Å². The minimum atomic E-state index is -3.07. The molecular weight excluding hydrogens is 582 g/mol. The van der Waals surface area contributed by atoms with Crippen molar-refractivity contribution < 1.29 is 9.64 Å². The van der Waals surface area contributed by atoms with Gasteiger partial charge in [-0.1, -0.05) is 0 Å². The quantitative estimate of drug-likeness (QED) is 0.262. The maximum absolute atomic E-state index is 7.51. The Hall–Kier alpha value is 1.91.